The fraction of sp³-hybridized carbons (Fsp3) is 0.462. The van der Waals surface area contributed by atoms with E-state index in [9.17, 15) is 43.5 Å². The van der Waals surface area contributed by atoms with Crippen LogP contribution in [0.15, 0.2) is 30.3 Å². The minimum Gasteiger partial charge on any atom is -0.549 e. The van der Waals surface area contributed by atoms with Crippen LogP contribution in [0.3, 0.4) is 0 Å². The number of rotatable bonds is 16. The van der Waals surface area contributed by atoms with Gasteiger partial charge in [-0.15, -0.1) is 0 Å². The van der Waals surface area contributed by atoms with Crippen molar-refractivity contribution in [2.24, 2.45) is 5.73 Å². The molecular formula is C26H35N6O10S-. The van der Waals surface area contributed by atoms with Crippen LogP contribution in [0.4, 0.5) is 4.79 Å². The molecular weight excluding hydrogens is 588 g/mol. The van der Waals surface area contributed by atoms with Gasteiger partial charge < -0.3 is 47.0 Å². The van der Waals surface area contributed by atoms with Gasteiger partial charge in [0.1, 0.15) is 36.8 Å². The molecule has 0 aromatic heterocycles. The number of benzene rings is 1. The van der Waals surface area contributed by atoms with Gasteiger partial charge in [0.2, 0.25) is 29.5 Å². The van der Waals surface area contributed by atoms with E-state index in [1.165, 1.54) is 27.7 Å². The summed E-state index contributed by atoms with van der Waals surface area (Å²) in [4.78, 5) is 96.7. The van der Waals surface area contributed by atoms with Crippen LogP contribution in [0.5, 0.6) is 0 Å². The lowest BCUT2D eigenvalue weighted by Gasteiger charge is -2.23. The number of hydrogen-bond donors (Lipinski definition) is 6. The Morgan fingerprint density at radius 2 is 1.23 bits per heavy atom. The van der Waals surface area contributed by atoms with Crippen LogP contribution >= 0.6 is 11.8 Å². The van der Waals surface area contributed by atoms with Gasteiger partial charge in [-0.05, 0) is 33.3 Å². The molecule has 0 radical (unpaired) electrons. The van der Waals surface area contributed by atoms with Gasteiger partial charge in [0.25, 0.3) is 0 Å². The number of carboxylic acids is 1. The molecule has 0 aliphatic rings. The van der Waals surface area contributed by atoms with Gasteiger partial charge in [-0.25, -0.2) is 4.79 Å². The molecule has 0 saturated heterocycles. The first-order chi connectivity index (χ1) is 20.1. The number of carbonyl (C=O) groups excluding carboxylic acids is 8. The van der Waals surface area contributed by atoms with Crippen molar-refractivity contribution in [3.05, 3.63) is 35.9 Å². The third kappa shape index (κ3) is 14.2. The number of alkyl carbamates (subject to hydrolysis) is 1. The molecule has 1 aromatic rings. The van der Waals surface area contributed by atoms with Crippen molar-refractivity contribution < 1.29 is 48.2 Å². The lowest BCUT2D eigenvalue weighted by atomic mass is 10.1. The summed E-state index contributed by atoms with van der Waals surface area (Å²) in [5, 5.41) is 21.4. The van der Waals surface area contributed by atoms with E-state index >= 15 is 0 Å². The van der Waals surface area contributed by atoms with E-state index in [-0.39, 0.29) is 6.61 Å². The smallest absolute Gasteiger partial charge is 0.408 e. The van der Waals surface area contributed by atoms with E-state index in [4.69, 9.17) is 10.5 Å². The van der Waals surface area contributed by atoms with Gasteiger partial charge >= 0.3 is 6.09 Å². The second kappa shape index (κ2) is 18.0. The quantitative estimate of drug-likeness (QED) is 0.109. The SMILES string of the molecule is C[C@H](NC(=O)[C@H](C)NC(=O)C(CC(=O)SCC(=O)[O-])NC(=O)[C@H](C)NC(=O)[C@H](C)NC(=O)OCc1ccccc1)C(N)=O. The number of aliphatic carboxylic acids is 1. The number of nitrogens with one attached hydrogen (secondary N) is 5. The maximum Gasteiger partial charge on any atom is 0.408 e. The number of thioether (sulfide) groups is 1. The largest absolute Gasteiger partial charge is 0.549 e. The Hall–Kier alpha value is -4.67. The predicted octanol–water partition coefficient (Wildman–Crippen LogP) is -2.81. The molecule has 0 aliphatic carbocycles. The number of amides is 6. The highest BCUT2D eigenvalue weighted by atomic mass is 32.2. The van der Waals surface area contributed by atoms with Crippen LogP contribution in [-0.4, -0.2) is 82.7 Å². The standard InChI is InChI=1S/C26H36N6O10S/c1-13(21(27)36)28-22(37)14(2)30-25(40)18(10-20(35)43-12-19(33)34)32-24(39)15(3)29-23(38)16(4)31-26(41)42-11-17-8-6-5-7-9-17/h5-9,13-16,18H,10-12H2,1-4H3,(H2,27,36)(H,28,37)(H,29,38)(H,30,40)(H,31,41)(H,32,39)(H,33,34)/p-1/t13-,14-,15-,16-,18?/m0/s1. The van der Waals surface area contributed by atoms with E-state index in [1.54, 1.807) is 30.3 Å². The topological polar surface area (TPSA) is 255 Å². The molecule has 236 valence electrons. The van der Waals surface area contributed by atoms with E-state index in [2.05, 4.69) is 26.6 Å². The second-order valence-electron chi connectivity index (χ2n) is 9.32. The summed E-state index contributed by atoms with van der Waals surface area (Å²) >= 11 is 0.341. The van der Waals surface area contributed by atoms with Crippen LogP contribution in [0.25, 0.3) is 0 Å². The summed E-state index contributed by atoms with van der Waals surface area (Å²) in [5.74, 6) is -6.50. The minimum absolute atomic E-state index is 0.0340. The molecule has 1 unspecified atom stereocenters. The minimum atomic E-state index is -1.58. The van der Waals surface area contributed by atoms with E-state index in [0.29, 0.717) is 11.8 Å². The fourth-order valence-electron chi connectivity index (χ4n) is 3.07. The van der Waals surface area contributed by atoms with Gasteiger partial charge in [-0.3, -0.25) is 28.8 Å². The van der Waals surface area contributed by atoms with Gasteiger partial charge in [-0.1, -0.05) is 42.1 Å². The summed E-state index contributed by atoms with van der Waals surface area (Å²) in [7, 11) is 0. The molecule has 16 nitrogen and oxygen atoms in total. The van der Waals surface area contributed by atoms with Crippen LogP contribution in [-0.2, 0) is 44.9 Å². The van der Waals surface area contributed by atoms with Crippen molar-refractivity contribution in [1.82, 2.24) is 26.6 Å². The molecule has 0 heterocycles. The normalized spacial score (nSPS) is 14.0. The first-order valence-electron chi connectivity index (χ1n) is 12.9. The number of primary amides is 1. The fourth-order valence-corrected chi connectivity index (χ4v) is 3.63. The summed E-state index contributed by atoms with van der Waals surface area (Å²) in [5.41, 5.74) is 5.83. The van der Waals surface area contributed by atoms with Crippen LogP contribution in [0.1, 0.15) is 39.7 Å². The van der Waals surface area contributed by atoms with E-state index < -0.39 is 89.1 Å². The lowest BCUT2D eigenvalue weighted by Crippen LogP contribution is -2.58. The summed E-state index contributed by atoms with van der Waals surface area (Å²) in [6.45, 7) is 5.18. The maximum absolute atomic E-state index is 12.9. The third-order valence-corrected chi connectivity index (χ3v) is 6.45. The third-order valence-electron chi connectivity index (χ3n) is 5.58. The zero-order chi connectivity index (χ0) is 32.7. The summed E-state index contributed by atoms with van der Waals surface area (Å²) in [6.07, 6.45) is -1.55. The summed E-state index contributed by atoms with van der Waals surface area (Å²) < 4.78 is 5.05. The molecule has 7 N–H and O–H groups in total. The first kappa shape index (κ1) is 36.4. The van der Waals surface area contributed by atoms with Crippen molar-refractivity contribution in [2.45, 2.75) is 70.9 Å². The predicted molar refractivity (Wildman–Crippen MR) is 150 cm³/mol. The second-order valence-corrected chi connectivity index (χ2v) is 10.4. The van der Waals surface area contributed by atoms with Crippen molar-refractivity contribution in [1.29, 1.82) is 0 Å². The van der Waals surface area contributed by atoms with Crippen LogP contribution in [0, 0.1) is 0 Å². The Kier molecular flexibility index (Phi) is 15.2. The molecule has 0 aliphatic heterocycles. The van der Waals surface area contributed by atoms with E-state index in [0.717, 1.165) is 5.56 Å². The molecule has 1 rings (SSSR count). The van der Waals surface area contributed by atoms with Gasteiger partial charge in [-0.2, -0.15) is 0 Å². The van der Waals surface area contributed by atoms with Gasteiger partial charge in [0, 0.05) is 12.2 Å². The molecule has 6 amide bonds. The van der Waals surface area contributed by atoms with Crippen molar-refractivity contribution in [3.63, 3.8) is 0 Å². The highest BCUT2D eigenvalue weighted by Crippen LogP contribution is 2.09. The van der Waals surface area contributed by atoms with Crippen LogP contribution in [0.2, 0.25) is 0 Å². The van der Waals surface area contributed by atoms with Crippen molar-refractivity contribution >= 4 is 58.5 Å². The number of carboxylic acid groups (broad SMARTS) is 1. The lowest BCUT2D eigenvalue weighted by molar-refractivity contribution is -0.301. The van der Waals surface area contributed by atoms with Crippen molar-refractivity contribution in [2.75, 3.05) is 5.75 Å². The van der Waals surface area contributed by atoms with Crippen molar-refractivity contribution in [3.8, 4) is 0 Å². The Morgan fingerprint density at radius 3 is 1.77 bits per heavy atom. The average Bonchev–Trinajstić information content (AvgIpc) is 2.94. The number of ether oxygens (including phenoxy) is 1. The molecule has 43 heavy (non-hydrogen) atoms. The monoisotopic (exact) mass is 623 g/mol. The highest BCUT2D eigenvalue weighted by Gasteiger charge is 2.30. The molecule has 0 saturated carbocycles. The Balaban J connectivity index is 2.79. The molecule has 17 heteroatoms. The molecule has 0 bridgehead atoms. The Morgan fingerprint density at radius 1 is 0.744 bits per heavy atom. The molecule has 0 fully saturated rings. The maximum atomic E-state index is 12.9. The summed E-state index contributed by atoms with van der Waals surface area (Å²) in [6, 6.07) is 2.56. The highest BCUT2D eigenvalue weighted by molar-refractivity contribution is 8.14. The number of nitrogens with two attached hydrogens (primary N) is 1. The molecule has 1 aromatic carbocycles. The Labute approximate surface area is 251 Å². The first-order valence-corrected chi connectivity index (χ1v) is 13.9. The molecule has 5 atom stereocenters. The average molecular weight is 624 g/mol. The van der Waals surface area contributed by atoms with Gasteiger partial charge in [0.15, 0.2) is 5.12 Å². The zero-order valence-corrected chi connectivity index (χ0v) is 24.8. The molecule has 0 spiro atoms. The zero-order valence-electron chi connectivity index (χ0n) is 24.0. The number of carbonyl (C=O) groups is 8. The van der Waals surface area contributed by atoms with Crippen LogP contribution < -0.4 is 37.4 Å². The Bertz CT molecular complexity index is 1200. The number of hydrogen-bond acceptors (Lipinski definition) is 11. The van der Waals surface area contributed by atoms with Gasteiger partial charge in [0.05, 0.1) is 5.97 Å². The van der Waals surface area contributed by atoms with E-state index in [1.807, 2.05) is 0 Å².